The molecule has 2 aliphatic rings. The molecular weight excluding hydrogens is 435 g/mol. The molecule has 0 radical (unpaired) electrons. The van der Waals surface area contributed by atoms with Crippen molar-refractivity contribution in [1.29, 1.82) is 0 Å². The monoisotopic (exact) mass is 448 g/mol. The Hall–Kier alpha value is -1.58. The van der Waals surface area contributed by atoms with Crippen molar-refractivity contribution >= 4 is 62.4 Å². The largest absolute Gasteiger partial charge is 0.369 e. The van der Waals surface area contributed by atoms with Crippen LogP contribution in [-0.4, -0.2) is 22.5 Å². The average Bonchev–Trinajstić information content (AvgIpc) is 2.54. The Morgan fingerprint density at radius 3 is 2.52 bits per heavy atom. The molecule has 1 aromatic carbocycles. The van der Waals surface area contributed by atoms with Gasteiger partial charge >= 0.3 is 0 Å². The van der Waals surface area contributed by atoms with Crippen LogP contribution in [0.2, 0.25) is 10.0 Å². The van der Waals surface area contributed by atoms with E-state index in [4.69, 9.17) is 34.7 Å². The maximum Gasteiger partial charge on any atom is 0.295 e. The SMILES string of the molecule is NC1=NC2(CCCCC2)N(c2c([N+](=O)[O-])cc(Cl)c(Cl)c2Br)C(N)=N1. The van der Waals surface area contributed by atoms with E-state index < -0.39 is 10.6 Å². The van der Waals surface area contributed by atoms with Crippen molar-refractivity contribution in [3.63, 3.8) is 0 Å². The molecule has 0 bridgehead atoms. The van der Waals surface area contributed by atoms with Crippen molar-refractivity contribution in [1.82, 2.24) is 0 Å². The first-order valence-corrected chi connectivity index (χ1v) is 9.13. The Labute approximate surface area is 162 Å². The van der Waals surface area contributed by atoms with Crippen molar-refractivity contribution in [2.45, 2.75) is 37.8 Å². The molecule has 0 amide bonds. The summed E-state index contributed by atoms with van der Waals surface area (Å²) < 4.78 is 0.270. The number of hydrogen-bond acceptors (Lipinski definition) is 7. The number of anilines is 1. The fraction of sp³-hybridized carbons (Fsp3) is 0.429. The van der Waals surface area contributed by atoms with Gasteiger partial charge in [0, 0.05) is 6.07 Å². The van der Waals surface area contributed by atoms with Gasteiger partial charge in [0.25, 0.3) is 5.69 Å². The molecule has 0 atom stereocenters. The van der Waals surface area contributed by atoms with E-state index in [1.54, 1.807) is 4.90 Å². The molecule has 0 saturated heterocycles. The number of nitrogens with two attached hydrogens (primary N) is 2. The minimum absolute atomic E-state index is 0.0385. The molecule has 25 heavy (non-hydrogen) atoms. The van der Waals surface area contributed by atoms with E-state index in [2.05, 4.69) is 25.9 Å². The lowest BCUT2D eigenvalue weighted by Crippen LogP contribution is -2.58. The van der Waals surface area contributed by atoms with Crippen molar-refractivity contribution < 1.29 is 4.92 Å². The van der Waals surface area contributed by atoms with Crippen LogP contribution >= 0.6 is 39.1 Å². The molecule has 3 rings (SSSR count). The molecule has 1 aliphatic heterocycles. The molecule has 1 saturated carbocycles. The van der Waals surface area contributed by atoms with Crippen LogP contribution in [0, 0.1) is 10.1 Å². The highest BCUT2D eigenvalue weighted by atomic mass is 79.9. The second-order valence-corrected chi connectivity index (χ2v) is 7.51. The van der Waals surface area contributed by atoms with Crippen LogP contribution in [0.1, 0.15) is 32.1 Å². The average molecular weight is 450 g/mol. The topological polar surface area (TPSA) is 123 Å². The Balaban J connectivity index is 2.28. The Kier molecular flexibility index (Phi) is 4.82. The third-order valence-electron chi connectivity index (χ3n) is 4.39. The predicted octanol–water partition coefficient (Wildman–Crippen LogP) is 3.77. The number of benzene rings is 1. The molecule has 1 heterocycles. The minimum Gasteiger partial charge on any atom is -0.369 e. The zero-order valence-corrected chi connectivity index (χ0v) is 16.1. The van der Waals surface area contributed by atoms with Crippen molar-refractivity contribution in [3.05, 3.63) is 30.7 Å². The van der Waals surface area contributed by atoms with Crippen molar-refractivity contribution in [3.8, 4) is 0 Å². The number of halogens is 3. The number of guanidine groups is 2. The molecule has 0 unspecified atom stereocenters. The minimum atomic E-state index is -0.821. The third kappa shape index (κ3) is 3.04. The van der Waals surface area contributed by atoms with Crippen LogP contribution in [0.3, 0.4) is 0 Å². The number of nitro groups is 1. The molecule has 11 heteroatoms. The summed E-state index contributed by atoms with van der Waals surface area (Å²) in [6, 6.07) is 1.20. The fourth-order valence-electron chi connectivity index (χ4n) is 3.37. The lowest BCUT2D eigenvalue weighted by molar-refractivity contribution is -0.384. The van der Waals surface area contributed by atoms with E-state index in [1.807, 2.05) is 0 Å². The van der Waals surface area contributed by atoms with Gasteiger partial charge in [-0.1, -0.05) is 29.6 Å². The standard InChI is InChI=1S/C14H15BrCl2N6O2/c15-9-10(17)7(16)6-8(23(24)25)11(9)22-13(19)20-12(18)21-14(22)4-2-1-3-5-14/h6H,1-5H2,(H4,18,19,20,21). The number of rotatable bonds is 2. The van der Waals surface area contributed by atoms with Crippen molar-refractivity contribution in [2.75, 3.05) is 4.90 Å². The van der Waals surface area contributed by atoms with E-state index in [-0.39, 0.29) is 37.8 Å². The fourth-order valence-corrected chi connectivity index (χ4v) is 4.42. The smallest absolute Gasteiger partial charge is 0.295 e. The quantitative estimate of drug-likeness (QED) is 0.404. The molecule has 1 aromatic rings. The van der Waals surface area contributed by atoms with Crippen LogP contribution in [-0.2, 0) is 0 Å². The molecule has 8 nitrogen and oxygen atoms in total. The molecule has 1 fully saturated rings. The van der Waals surface area contributed by atoms with Crippen LogP contribution < -0.4 is 16.4 Å². The van der Waals surface area contributed by atoms with Gasteiger partial charge in [-0.3, -0.25) is 15.0 Å². The molecule has 134 valence electrons. The number of hydrogen-bond donors (Lipinski definition) is 2. The summed E-state index contributed by atoms with van der Waals surface area (Å²) in [5.41, 5.74) is 11.1. The second kappa shape index (κ2) is 6.62. The molecule has 0 aromatic heterocycles. The van der Waals surface area contributed by atoms with Gasteiger partial charge in [-0.25, -0.2) is 4.99 Å². The third-order valence-corrected chi connectivity index (χ3v) is 6.18. The highest BCUT2D eigenvalue weighted by molar-refractivity contribution is 9.10. The molecule has 1 spiro atoms. The van der Waals surface area contributed by atoms with E-state index in [0.717, 1.165) is 19.3 Å². The van der Waals surface area contributed by atoms with Gasteiger partial charge in [0.1, 0.15) is 11.4 Å². The summed E-state index contributed by atoms with van der Waals surface area (Å²) in [6.07, 6.45) is 4.13. The van der Waals surface area contributed by atoms with Gasteiger partial charge in [-0.15, -0.1) is 0 Å². The molecule has 1 aliphatic carbocycles. The first-order valence-electron chi connectivity index (χ1n) is 7.58. The Morgan fingerprint density at radius 1 is 1.28 bits per heavy atom. The van der Waals surface area contributed by atoms with Gasteiger partial charge in [0.2, 0.25) is 11.9 Å². The van der Waals surface area contributed by atoms with Gasteiger partial charge in [0.15, 0.2) is 0 Å². The maximum atomic E-state index is 11.6. The zero-order valence-electron chi connectivity index (χ0n) is 13.0. The molecular formula is C14H15BrCl2N6O2. The number of nitro benzene ring substituents is 1. The van der Waals surface area contributed by atoms with E-state index in [9.17, 15) is 10.1 Å². The summed E-state index contributed by atoms with van der Waals surface area (Å²) in [4.78, 5) is 21.2. The van der Waals surface area contributed by atoms with Crippen LogP contribution in [0.4, 0.5) is 11.4 Å². The summed E-state index contributed by atoms with van der Waals surface area (Å²) in [7, 11) is 0. The Bertz CT molecular complexity index is 807. The first kappa shape index (κ1) is 18.2. The van der Waals surface area contributed by atoms with E-state index in [0.29, 0.717) is 12.8 Å². The van der Waals surface area contributed by atoms with E-state index >= 15 is 0 Å². The normalized spacial score (nSPS) is 19.6. The predicted molar refractivity (Wildman–Crippen MR) is 102 cm³/mol. The van der Waals surface area contributed by atoms with Gasteiger partial charge in [0.05, 0.1) is 19.4 Å². The lowest BCUT2D eigenvalue weighted by Gasteiger charge is -2.45. The Morgan fingerprint density at radius 2 is 1.92 bits per heavy atom. The van der Waals surface area contributed by atoms with Crippen molar-refractivity contribution in [2.24, 2.45) is 21.5 Å². The first-order chi connectivity index (χ1) is 11.8. The summed E-state index contributed by atoms with van der Waals surface area (Å²) in [5.74, 6) is 0.103. The summed E-state index contributed by atoms with van der Waals surface area (Å²) >= 11 is 15.6. The van der Waals surface area contributed by atoms with Crippen LogP contribution in [0.15, 0.2) is 20.5 Å². The highest BCUT2D eigenvalue weighted by Gasteiger charge is 2.46. The van der Waals surface area contributed by atoms with Crippen LogP contribution in [0.25, 0.3) is 0 Å². The van der Waals surface area contributed by atoms with Gasteiger partial charge < -0.3 is 11.5 Å². The number of nitrogens with zero attached hydrogens (tertiary/aromatic N) is 4. The second-order valence-electron chi connectivity index (χ2n) is 5.93. The number of aliphatic imine (C=N–C) groups is 2. The summed E-state index contributed by atoms with van der Waals surface area (Å²) in [5, 5.41) is 11.9. The lowest BCUT2D eigenvalue weighted by atomic mass is 9.87. The van der Waals surface area contributed by atoms with Crippen LogP contribution in [0.5, 0.6) is 0 Å². The maximum absolute atomic E-state index is 11.6. The highest BCUT2D eigenvalue weighted by Crippen LogP contribution is 2.49. The summed E-state index contributed by atoms with van der Waals surface area (Å²) in [6.45, 7) is 0. The van der Waals surface area contributed by atoms with Gasteiger partial charge in [-0.05, 0) is 41.6 Å². The zero-order chi connectivity index (χ0) is 18.4. The molecule has 4 N–H and O–H groups in total. The van der Waals surface area contributed by atoms with Gasteiger partial charge in [-0.2, -0.15) is 4.99 Å². The van der Waals surface area contributed by atoms with E-state index in [1.165, 1.54) is 6.07 Å².